The van der Waals surface area contributed by atoms with Crippen LogP contribution in [0.4, 0.5) is 18.9 Å². The predicted octanol–water partition coefficient (Wildman–Crippen LogP) is 3.09. The Bertz CT molecular complexity index is 500. The second kappa shape index (κ2) is 4.92. The van der Waals surface area contributed by atoms with Gasteiger partial charge in [0.1, 0.15) is 6.54 Å². The smallest absolute Gasteiger partial charge is 0.398 e. The molecule has 1 aromatic rings. The van der Waals surface area contributed by atoms with Crippen LogP contribution in [0.2, 0.25) is 5.02 Å². The number of carbonyl (C=O) groups excluding carboxylic acids is 1. The number of alkyl halides is 3. The summed E-state index contributed by atoms with van der Waals surface area (Å²) in [6.45, 7) is -1.24. The molecule has 3 nitrogen and oxygen atoms in total. The molecule has 19 heavy (non-hydrogen) atoms. The number of carbonyl (C=O) groups is 1. The molecule has 0 bridgehead atoms. The Morgan fingerprint density at radius 1 is 1.42 bits per heavy atom. The van der Waals surface area contributed by atoms with E-state index in [1.54, 1.807) is 0 Å². The normalized spacial score (nSPS) is 15.4. The van der Waals surface area contributed by atoms with Crippen LogP contribution >= 0.6 is 11.6 Å². The number of anilines is 1. The van der Waals surface area contributed by atoms with Gasteiger partial charge in [0.25, 0.3) is 5.91 Å². The third-order valence-corrected chi connectivity index (χ3v) is 3.17. The highest BCUT2D eigenvalue weighted by atomic mass is 35.5. The molecule has 0 radical (unpaired) electrons. The van der Waals surface area contributed by atoms with Gasteiger partial charge in [-0.05, 0) is 31.0 Å². The minimum atomic E-state index is -4.41. The zero-order valence-corrected chi connectivity index (χ0v) is 10.6. The molecule has 0 heterocycles. The van der Waals surface area contributed by atoms with E-state index < -0.39 is 18.6 Å². The average Bonchev–Trinajstić information content (AvgIpc) is 3.11. The first-order valence-corrected chi connectivity index (χ1v) is 6.08. The lowest BCUT2D eigenvalue weighted by atomic mass is 10.1. The van der Waals surface area contributed by atoms with Crippen LogP contribution < -0.4 is 5.73 Å². The number of benzene rings is 1. The first-order chi connectivity index (χ1) is 8.78. The average molecular weight is 293 g/mol. The number of halogens is 4. The van der Waals surface area contributed by atoms with Crippen LogP contribution in [0.1, 0.15) is 23.2 Å². The van der Waals surface area contributed by atoms with Crippen LogP contribution in [-0.2, 0) is 0 Å². The number of hydrogen-bond acceptors (Lipinski definition) is 2. The summed E-state index contributed by atoms with van der Waals surface area (Å²) in [5.41, 5.74) is 5.91. The van der Waals surface area contributed by atoms with Crippen LogP contribution in [-0.4, -0.2) is 29.6 Å². The number of nitrogens with zero attached hydrogens (tertiary/aromatic N) is 1. The summed E-state index contributed by atoms with van der Waals surface area (Å²) >= 11 is 5.77. The largest absolute Gasteiger partial charge is 0.406 e. The van der Waals surface area contributed by atoms with Gasteiger partial charge in [0, 0.05) is 11.6 Å². The van der Waals surface area contributed by atoms with Crippen molar-refractivity contribution in [3.63, 3.8) is 0 Å². The predicted molar refractivity (Wildman–Crippen MR) is 66.0 cm³/mol. The molecule has 0 aromatic heterocycles. The lowest BCUT2D eigenvalue weighted by Gasteiger charge is -2.24. The van der Waals surface area contributed by atoms with Gasteiger partial charge in [0.05, 0.1) is 10.7 Å². The zero-order chi connectivity index (χ0) is 14.2. The lowest BCUT2D eigenvalue weighted by molar-refractivity contribution is -0.141. The summed E-state index contributed by atoms with van der Waals surface area (Å²) < 4.78 is 37.4. The van der Waals surface area contributed by atoms with Crippen LogP contribution in [0.25, 0.3) is 0 Å². The molecular formula is C12H12ClF3N2O. The van der Waals surface area contributed by atoms with Gasteiger partial charge in [-0.1, -0.05) is 11.6 Å². The van der Waals surface area contributed by atoms with Gasteiger partial charge in [-0.3, -0.25) is 4.79 Å². The van der Waals surface area contributed by atoms with Gasteiger partial charge in [-0.25, -0.2) is 0 Å². The maximum absolute atomic E-state index is 12.5. The maximum Gasteiger partial charge on any atom is 0.406 e. The van der Waals surface area contributed by atoms with E-state index in [0.717, 1.165) is 4.90 Å². The third-order valence-electron chi connectivity index (χ3n) is 2.85. The first kappa shape index (κ1) is 14.0. The Kier molecular flexibility index (Phi) is 3.62. The fraction of sp³-hybridized carbons (Fsp3) is 0.417. The molecule has 1 aromatic carbocycles. The maximum atomic E-state index is 12.5. The first-order valence-electron chi connectivity index (χ1n) is 5.70. The van der Waals surface area contributed by atoms with E-state index >= 15 is 0 Å². The van der Waals surface area contributed by atoms with Gasteiger partial charge in [0.2, 0.25) is 0 Å². The standard InChI is InChI=1S/C12H12ClF3N2O/c13-9-5-7(1-4-10(9)17)11(19)18(8-2-3-8)6-12(14,15)16/h1,4-5,8H,2-3,6,17H2. The van der Waals surface area contributed by atoms with Crippen LogP contribution in [0.15, 0.2) is 18.2 Å². The molecule has 0 atom stereocenters. The molecular weight excluding hydrogens is 281 g/mol. The molecule has 7 heteroatoms. The summed E-state index contributed by atoms with van der Waals surface area (Å²) in [6.07, 6.45) is -3.20. The number of nitrogen functional groups attached to an aromatic ring is 1. The monoisotopic (exact) mass is 292 g/mol. The van der Waals surface area contributed by atoms with Crippen molar-refractivity contribution in [3.8, 4) is 0 Å². The molecule has 1 amide bonds. The Morgan fingerprint density at radius 2 is 2.05 bits per heavy atom. The molecule has 0 unspecified atom stereocenters. The Morgan fingerprint density at radius 3 is 2.53 bits per heavy atom. The number of rotatable bonds is 3. The minimum absolute atomic E-state index is 0.121. The van der Waals surface area contributed by atoms with E-state index in [1.807, 2.05) is 0 Å². The summed E-state index contributed by atoms with van der Waals surface area (Å²) in [5.74, 6) is -0.665. The van der Waals surface area contributed by atoms with Crippen molar-refractivity contribution in [1.82, 2.24) is 4.90 Å². The summed E-state index contributed by atoms with van der Waals surface area (Å²) in [6, 6.07) is 3.76. The number of nitrogens with two attached hydrogens (primary N) is 1. The van der Waals surface area contributed by atoms with E-state index in [4.69, 9.17) is 17.3 Å². The summed E-state index contributed by atoms with van der Waals surface area (Å²) in [5, 5.41) is 0.161. The van der Waals surface area contributed by atoms with Gasteiger partial charge in [0.15, 0.2) is 0 Å². The minimum Gasteiger partial charge on any atom is -0.398 e. The highest BCUT2D eigenvalue weighted by Crippen LogP contribution is 2.32. The van der Waals surface area contributed by atoms with Crippen molar-refractivity contribution >= 4 is 23.2 Å². The quantitative estimate of drug-likeness (QED) is 0.870. The van der Waals surface area contributed by atoms with E-state index in [9.17, 15) is 18.0 Å². The van der Waals surface area contributed by atoms with Crippen molar-refractivity contribution in [2.75, 3.05) is 12.3 Å². The molecule has 0 saturated heterocycles. The van der Waals surface area contributed by atoms with Crippen LogP contribution in [0.3, 0.4) is 0 Å². The molecule has 0 spiro atoms. The summed E-state index contributed by atoms with van der Waals surface area (Å²) in [4.78, 5) is 12.9. The van der Waals surface area contributed by atoms with Crippen molar-refractivity contribution in [2.45, 2.75) is 25.1 Å². The Labute approximate surface area is 113 Å². The van der Waals surface area contributed by atoms with E-state index in [1.165, 1.54) is 18.2 Å². The molecule has 1 fully saturated rings. The topological polar surface area (TPSA) is 46.3 Å². The second-order valence-corrected chi connectivity index (χ2v) is 4.92. The van der Waals surface area contributed by atoms with Crippen molar-refractivity contribution in [3.05, 3.63) is 28.8 Å². The summed E-state index contributed by atoms with van der Waals surface area (Å²) in [7, 11) is 0. The van der Waals surface area contributed by atoms with Crippen molar-refractivity contribution in [1.29, 1.82) is 0 Å². The van der Waals surface area contributed by atoms with Gasteiger partial charge in [-0.15, -0.1) is 0 Å². The highest BCUT2D eigenvalue weighted by molar-refractivity contribution is 6.33. The van der Waals surface area contributed by atoms with Crippen LogP contribution in [0.5, 0.6) is 0 Å². The second-order valence-electron chi connectivity index (χ2n) is 4.52. The molecule has 1 saturated carbocycles. The van der Waals surface area contributed by atoms with E-state index in [0.29, 0.717) is 12.8 Å². The fourth-order valence-corrected chi connectivity index (χ4v) is 1.95. The molecule has 2 N–H and O–H groups in total. The van der Waals surface area contributed by atoms with Gasteiger partial charge < -0.3 is 10.6 Å². The number of hydrogen-bond donors (Lipinski definition) is 1. The Hall–Kier alpha value is -1.43. The molecule has 0 aliphatic heterocycles. The fourth-order valence-electron chi connectivity index (χ4n) is 1.77. The number of amides is 1. The highest BCUT2D eigenvalue weighted by Gasteiger charge is 2.40. The van der Waals surface area contributed by atoms with Crippen molar-refractivity contribution < 1.29 is 18.0 Å². The van der Waals surface area contributed by atoms with Crippen LogP contribution in [0, 0.1) is 0 Å². The third kappa shape index (κ3) is 3.53. The van der Waals surface area contributed by atoms with E-state index in [2.05, 4.69) is 0 Å². The molecule has 104 valence electrons. The molecule has 1 aliphatic rings. The Balaban J connectivity index is 2.21. The van der Waals surface area contributed by atoms with E-state index in [-0.39, 0.29) is 22.3 Å². The SMILES string of the molecule is Nc1ccc(C(=O)N(CC(F)(F)F)C2CC2)cc1Cl. The van der Waals surface area contributed by atoms with Gasteiger partial charge >= 0.3 is 6.18 Å². The molecule has 1 aliphatic carbocycles. The zero-order valence-electron chi connectivity index (χ0n) is 9.88. The lowest BCUT2D eigenvalue weighted by Crippen LogP contribution is -2.40. The van der Waals surface area contributed by atoms with Gasteiger partial charge in [-0.2, -0.15) is 13.2 Å². The molecule has 2 rings (SSSR count). The van der Waals surface area contributed by atoms with Crippen molar-refractivity contribution in [2.24, 2.45) is 0 Å².